The van der Waals surface area contributed by atoms with Gasteiger partial charge in [0, 0.05) is 35.5 Å². The van der Waals surface area contributed by atoms with Crippen molar-refractivity contribution in [1.82, 2.24) is 0 Å². The normalized spacial score (nSPS) is 17.9. The van der Waals surface area contributed by atoms with Crippen LogP contribution in [0.3, 0.4) is 0 Å². The first-order valence-electron chi connectivity index (χ1n) is 8.70. The van der Waals surface area contributed by atoms with Gasteiger partial charge in [-0.1, -0.05) is 42.0 Å². The second-order valence-electron chi connectivity index (χ2n) is 6.52. The van der Waals surface area contributed by atoms with Gasteiger partial charge in [0.05, 0.1) is 16.8 Å². The molecule has 0 spiro atoms. The summed E-state index contributed by atoms with van der Waals surface area (Å²) in [5.41, 5.74) is 4.39. The minimum atomic E-state index is -0.545. The van der Waals surface area contributed by atoms with E-state index < -0.39 is 5.82 Å². The number of nitrogens with zero attached hydrogens (tertiary/aromatic N) is 1. The van der Waals surface area contributed by atoms with Gasteiger partial charge in [-0.3, -0.25) is 9.79 Å². The van der Waals surface area contributed by atoms with Gasteiger partial charge >= 0.3 is 0 Å². The lowest BCUT2D eigenvalue weighted by Crippen LogP contribution is -2.19. The predicted octanol–water partition coefficient (Wildman–Crippen LogP) is 5.16. The number of hydrogen-bond acceptors (Lipinski definition) is 4. The van der Waals surface area contributed by atoms with Gasteiger partial charge in [-0.25, -0.2) is 4.39 Å². The number of aldehydes is 1. The number of aliphatic imine (C=N–C) groups is 1. The van der Waals surface area contributed by atoms with Crippen LogP contribution in [-0.4, -0.2) is 23.6 Å². The van der Waals surface area contributed by atoms with Gasteiger partial charge in [0.25, 0.3) is 0 Å². The zero-order chi connectivity index (χ0) is 19.7. The van der Waals surface area contributed by atoms with Crippen LogP contribution in [0.1, 0.15) is 22.3 Å². The quantitative estimate of drug-likeness (QED) is 0.704. The molecule has 6 heteroatoms. The number of aromatic hydroxyl groups is 1. The lowest BCUT2D eigenvalue weighted by atomic mass is 9.90. The molecule has 0 saturated heterocycles. The summed E-state index contributed by atoms with van der Waals surface area (Å²) in [4.78, 5) is 15.6. The first-order valence-corrected chi connectivity index (χ1v) is 9.08. The van der Waals surface area contributed by atoms with E-state index in [0.29, 0.717) is 12.0 Å². The number of carbonyl (C=O) groups excluding carboxylic acids is 1. The topological polar surface area (TPSA) is 61.7 Å². The monoisotopic (exact) mass is 394 g/mol. The molecule has 0 aromatic heterocycles. The molecule has 0 saturated carbocycles. The van der Waals surface area contributed by atoms with E-state index in [-0.39, 0.29) is 22.5 Å². The molecule has 1 unspecified atom stereocenters. The Balaban J connectivity index is 1.65. The Hall–Kier alpha value is -3.18. The molecule has 4 rings (SSSR count). The van der Waals surface area contributed by atoms with Gasteiger partial charge in [0.2, 0.25) is 0 Å². The highest BCUT2D eigenvalue weighted by atomic mass is 35.5. The highest BCUT2D eigenvalue weighted by Gasteiger charge is 2.22. The lowest BCUT2D eigenvalue weighted by molar-refractivity contribution is 0.112. The predicted molar refractivity (Wildman–Crippen MR) is 110 cm³/mol. The number of anilines is 1. The molecule has 2 N–H and O–H groups in total. The molecule has 2 aromatic rings. The zero-order valence-electron chi connectivity index (χ0n) is 14.7. The summed E-state index contributed by atoms with van der Waals surface area (Å²) in [6.45, 7) is 0. The fourth-order valence-corrected chi connectivity index (χ4v) is 3.42. The van der Waals surface area contributed by atoms with Crippen LogP contribution in [0.5, 0.6) is 5.75 Å². The van der Waals surface area contributed by atoms with E-state index in [0.717, 1.165) is 34.8 Å². The maximum atomic E-state index is 14.2. The van der Waals surface area contributed by atoms with Crippen LogP contribution < -0.4 is 5.32 Å². The Bertz CT molecular complexity index is 1090. The van der Waals surface area contributed by atoms with E-state index in [1.807, 2.05) is 36.4 Å². The van der Waals surface area contributed by atoms with Gasteiger partial charge in [0.1, 0.15) is 17.9 Å². The largest absolute Gasteiger partial charge is 0.506 e. The Labute approximate surface area is 166 Å². The molecule has 4 nitrogen and oxygen atoms in total. The number of fused-ring (bicyclic) bond motifs is 1. The number of dihydropyridines is 1. The highest BCUT2D eigenvalue weighted by molar-refractivity contribution is 6.32. The van der Waals surface area contributed by atoms with Gasteiger partial charge in [-0.05, 0) is 29.3 Å². The second-order valence-corrected chi connectivity index (χ2v) is 6.93. The van der Waals surface area contributed by atoms with Crippen molar-refractivity contribution in [2.45, 2.75) is 12.5 Å². The van der Waals surface area contributed by atoms with Crippen molar-refractivity contribution in [1.29, 1.82) is 0 Å². The molecule has 1 aliphatic carbocycles. The second kappa shape index (κ2) is 7.44. The molecular formula is C22H16ClFN2O2. The van der Waals surface area contributed by atoms with Crippen LogP contribution in [0.15, 0.2) is 70.9 Å². The van der Waals surface area contributed by atoms with E-state index in [9.17, 15) is 14.3 Å². The third-order valence-electron chi connectivity index (χ3n) is 4.69. The van der Waals surface area contributed by atoms with Crippen molar-refractivity contribution in [3.8, 4) is 5.75 Å². The smallest absolute Gasteiger partial charge is 0.150 e. The molecule has 0 bridgehead atoms. The average Bonchev–Trinajstić information content (AvgIpc) is 2.72. The van der Waals surface area contributed by atoms with Crippen molar-refractivity contribution in [2.75, 3.05) is 5.32 Å². The number of benzene rings is 2. The van der Waals surface area contributed by atoms with Crippen molar-refractivity contribution in [3.63, 3.8) is 0 Å². The van der Waals surface area contributed by atoms with Crippen molar-refractivity contribution in [3.05, 3.63) is 87.9 Å². The number of nitrogens with one attached hydrogen (secondary N) is 1. The molecule has 0 amide bonds. The van der Waals surface area contributed by atoms with Crippen molar-refractivity contribution >= 4 is 35.4 Å². The van der Waals surface area contributed by atoms with Crippen LogP contribution >= 0.6 is 11.6 Å². The number of hydrogen-bond donors (Lipinski definition) is 2. The molecule has 1 aliphatic heterocycles. The summed E-state index contributed by atoms with van der Waals surface area (Å²) < 4.78 is 14.2. The Morgan fingerprint density at radius 3 is 2.93 bits per heavy atom. The number of phenolic OH excluding ortho intramolecular Hbond substituents is 1. The van der Waals surface area contributed by atoms with E-state index in [2.05, 4.69) is 10.3 Å². The van der Waals surface area contributed by atoms with Crippen LogP contribution in [-0.2, 0) is 0 Å². The summed E-state index contributed by atoms with van der Waals surface area (Å²) >= 11 is 5.74. The molecule has 28 heavy (non-hydrogen) atoms. The van der Waals surface area contributed by atoms with E-state index in [1.54, 1.807) is 12.3 Å². The van der Waals surface area contributed by atoms with Crippen LogP contribution in [0.25, 0.3) is 5.57 Å². The van der Waals surface area contributed by atoms with Crippen LogP contribution in [0, 0.1) is 5.82 Å². The van der Waals surface area contributed by atoms with Crippen LogP contribution in [0.2, 0.25) is 5.02 Å². The standard InChI is InChI=1S/C22H16ClFN2O2/c23-17-10-18(24)21(11-22(17)28)26-19-6-7-25-20-9-15(4-5-16(19)20)14-3-1-2-13(8-14)12-27/h1-5,7-12,20,26,28H,6H2. The van der Waals surface area contributed by atoms with E-state index in [4.69, 9.17) is 11.6 Å². The van der Waals surface area contributed by atoms with E-state index in [1.165, 1.54) is 6.07 Å². The summed E-state index contributed by atoms with van der Waals surface area (Å²) in [7, 11) is 0. The van der Waals surface area contributed by atoms with Crippen molar-refractivity contribution < 1.29 is 14.3 Å². The lowest BCUT2D eigenvalue weighted by Gasteiger charge is -2.25. The van der Waals surface area contributed by atoms with Crippen LogP contribution in [0.4, 0.5) is 10.1 Å². The number of halogens is 2. The van der Waals surface area contributed by atoms with Gasteiger partial charge < -0.3 is 10.4 Å². The number of carbonyl (C=O) groups is 1. The number of allylic oxidation sites excluding steroid dienone is 3. The van der Waals surface area contributed by atoms with E-state index >= 15 is 0 Å². The van der Waals surface area contributed by atoms with Gasteiger partial charge in [-0.2, -0.15) is 0 Å². The Kier molecular flexibility index (Phi) is 4.84. The molecule has 2 aromatic carbocycles. The molecule has 1 heterocycles. The van der Waals surface area contributed by atoms with Crippen molar-refractivity contribution in [2.24, 2.45) is 4.99 Å². The molecule has 0 fully saturated rings. The summed E-state index contributed by atoms with van der Waals surface area (Å²) in [5.74, 6) is -0.731. The number of rotatable bonds is 4. The molecule has 2 aliphatic rings. The minimum absolute atomic E-state index is 0.0357. The SMILES string of the molecule is O=Cc1cccc(C2=CC3N=CCC(Nc4cc(O)c(Cl)cc4F)=C3C=C2)c1. The average molecular weight is 395 g/mol. The summed E-state index contributed by atoms with van der Waals surface area (Å²) in [5, 5.41) is 12.8. The maximum absolute atomic E-state index is 14.2. The minimum Gasteiger partial charge on any atom is -0.506 e. The Morgan fingerprint density at radius 1 is 1.25 bits per heavy atom. The third kappa shape index (κ3) is 3.49. The van der Waals surface area contributed by atoms with Gasteiger partial charge in [0.15, 0.2) is 0 Å². The molecule has 140 valence electrons. The fraction of sp³-hybridized carbons (Fsp3) is 0.0909. The first-order chi connectivity index (χ1) is 13.5. The number of phenols is 1. The molecule has 1 atom stereocenters. The zero-order valence-corrected chi connectivity index (χ0v) is 15.4. The summed E-state index contributed by atoms with van der Waals surface area (Å²) in [6.07, 6.45) is 9.02. The first kappa shape index (κ1) is 18.2. The Morgan fingerprint density at radius 2 is 2.11 bits per heavy atom. The molecular weight excluding hydrogens is 379 g/mol. The highest BCUT2D eigenvalue weighted by Crippen LogP contribution is 2.34. The van der Waals surface area contributed by atoms with Gasteiger partial charge in [-0.15, -0.1) is 0 Å². The fourth-order valence-electron chi connectivity index (χ4n) is 3.27. The maximum Gasteiger partial charge on any atom is 0.150 e. The summed E-state index contributed by atoms with van der Waals surface area (Å²) in [6, 6.07) is 9.50. The third-order valence-corrected chi connectivity index (χ3v) is 4.99. The molecule has 0 radical (unpaired) electrons.